The van der Waals surface area contributed by atoms with E-state index in [4.69, 9.17) is 9.15 Å². The number of fused-ring (bicyclic) bond motifs is 6. The van der Waals surface area contributed by atoms with E-state index in [1.54, 1.807) is 7.11 Å². The first-order valence-electron chi connectivity index (χ1n) is 9.32. The molecule has 0 atom stereocenters. The monoisotopic (exact) mass is 363 g/mol. The van der Waals surface area contributed by atoms with Gasteiger partial charge >= 0.3 is 0 Å². The Balaban J connectivity index is 1.77. The van der Waals surface area contributed by atoms with Gasteiger partial charge < -0.3 is 13.7 Å². The smallest absolute Gasteiger partial charge is 0.136 e. The van der Waals surface area contributed by atoms with Gasteiger partial charge in [-0.25, -0.2) is 0 Å². The molecule has 0 saturated carbocycles. The molecule has 3 heteroatoms. The van der Waals surface area contributed by atoms with E-state index in [1.165, 1.54) is 21.8 Å². The molecule has 0 unspecified atom stereocenters. The normalized spacial score (nSPS) is 11.8. The van der Waals surface area contributed by atoms with Crippen molar-refractivity contribution >= 4 is 43.7 Å². The first-order valence-corrected chi connectivity index (χ1v) is 9.32. The van der Waals surface area contributed by atoms with Gasteiger partial charge in [0.05, 0.1) is 18.1 Å². The van der Waals surface area contributed by atoms with Crippen molar-refractivity contribution < 1.29 is 9.15 Å². The maximum Gasteiger partial charge on any atom is 0.136 e. The molecule has 0 aliphatic rings. The lowest BCUT2D eigenvalue weighted by atomic mass is 10.1. The number of hydrogen-bond acceptors (Lipinski definition) is 2. The largest absolute Gasteiger partial charge is 0.497 e. The third kappa shape index (κ3) is 2.04. The molecule has 0 aliphatic heterocycles. The van der Waals surface area contributed by atoms with E-state index in [0.29, 0.717) is 0 Å². The van der Waals surface area contributed by atoms with E-state index in [1.807, 2.05) is 24.3 Å². The molecule has 4 aromatic carbocycles. The number of benzene rings is 4. The van der Waals surface area contributed by atoms with Crippen molar-refractivity contribution in [2.75, 3.05) is 7.11 Å². The summed E-state index contributed by atoms with van der Waals surface area (Å²) >= 11 is 0. The van der Waals surface area contributed by atoms with Crippen LogP contribution in [0.15, 0.2) is 89.3 Å². The van der Waals surface area contributed by atoms with Crippen molar-refractivity contribution in [3.8, 4) is 11.4 Å². The van der Waals surface area contributed by atoms with Gasteiger partial charge in [0.25, 0.3) is 0 Å². The van der Waals surface area contributed by atoms with Crippen molar-refractivity contribution in [3.63, 3.8) is 0 Å². The third-order valence-corrected chi connectivity index (χ3v) is 5.50. The average Bonchev–Trinajstić information content (AvgIpc) is 3.27. The Morgan fingerprint density at radius 3 is 2.21 bits per heavy atom. The molecule has 6 rings (SSSR count). The summed E-state index contributed by atoms with van der Waals surface area (Å²) in [5.41, 5.74) is 5.31. The Morgan fingerprint density at radius 2 is 1.39 bits per heavy atom. The molecule has 0 aliphatic carbocycles. The van der Waals surface area contributed by atoms with Crippen LogP contribution in [-0.2, 0) is 0 Å². The van der Waals surface area contributed by atoms with Crippen LogP contribution in [0.4, 0.5) is 0 Å². The number of ether oxygens (including phenoxy) is 1. The average molecular weight is 363 g/mol. The minimum absolute atomic E-state index is 0.854. The molecular formula is C25H17NO2. The Kier molecular flexibility index (Phi) is 3.09. The highest BCUT2D eigenvalue weighted by molar-refractivity contribution is 6.17. The van der Waals surface area contributed by atoms with Crippen molar-refractivity contribution in [1.82, 2.24) is 4.57 Å². The van der Waals surface area contributed by atoms with Crippen molar-refractivity contribution in [3.05, 3.63) is 84.9 Å². The fourth-order valence-electron chi connectivity index (χ4n) is 4.20. The molecule has 0 fully saturated rings. The number of rotatable bonds is 2. The van der Waals surface area contributed by atoms with E-state index in [-0.39, 0.29) is 0 Å². The van der Waals surface area contributed by atoms with Crippen molar-refractivity contribution in [1.29, 1.82) is 0 Å². The van der Waals surface area contributed by atoms with Gasteiger partial charge in [-0.3, -0.25) is 0 Å². The Bertz CT molecular complexity index is 1490. The minimum atomic E-state index is 0.854. The quantitative estimate of drug-likeness (QED) is 0.343. The van der Waals surface area contributed by atoms with Crippen molar-refractivity contribution in [2.45, 2.75) is 0 Å². The molecule has 2 aromatic heterocycles. The summed E-state index contributed by atoms with van der Waals surface area (Å²) in [5, 5.41) is 4.69. The summed E-state index contributed by atoms with van der Waals surface area (Å²) in [6, 6.07) is 29.3. The maximum atomic E-state index is 6.13. The summed E-state index contributed by atoms with van der Waals surface area (Å²) < 4.78 is 13.8. The maximum absolute atomic E-state index is 6.13. The van der Waals surface area contributed by atoms with Gasteiger partial charge in [0.15, 0.2) is 0 Å². The first-order chi connectivity index (χ1) is 13.8. The molecule has 0 spiro atoms. The highest BCUT2D eigenvalue weighted by atomic mass is 16.5. The summed E-state index contributed by atoms with van der Waals surface area (Å²) in [4.78, 5) is 0. The van der Waals surface area contributed by atoms with Gasteiger partial charge in [-0.2, -0.15) is 0 Å². The molecule has 6 aromatic rings. The summed E-state index contributed by atoms with van der Waals surface area (Å²) in [6.07, 6.45) is 0. The lowest BCUT2D eigenvalue weighted by molar-refractivity contribution is 0.415. The van der Waals surface area contributed by atoms with Gasteiger partial charge in [0, 0.05) is 27.2 Å². The lowest BCUT2D eigenvalue weighted by Gasteiger charge is -2.08. The van der Waals surface area contributed by atoms with E-state index in [9.17, 15) is 0 Å². The third-order valence-electron chi connectivity index (χ3n) is 5.50. The van der Waals surface area contributed by atoms with Gasteiger partial charge in [-0.1, -0.05) is 36.4 Å². The molecule has 0 N–H and O–H groups in total. The standard InChI is InChI=1S/C25H17NO2/c1-27-17-12-10-16(11-13-17)26-22-8-4-2-6-18(22)20-15-25-21(14-23(20)26)19-7-3-5-9-24(19)28-25/h2-15H,1H3. The van der Waals surface area contributed by atoms with Crippen LogP contribution in [0.25, 0.3) is 49.4 Å². The highest BCUT2D eigenvalue weighted by Gasteiger charge is 2.15. The van der Waals surface area contributed by atoms with Gasteiger partial charge in [0.1, 0.15) is 16.9 Å². The summed E-state index contributed by atoms with van der Waals surface area (Å²) in [5.74, 6) is 0.854. The number of methoxy groups -OCH3 is 1. The Morgan fingerprint density at radius 1 is 0.643 bits per heavy atom. The zero-order chi connectivity index (χ0) is 18.7. The fourth-order valence-corrected chi connectivity index (χ4v) is 4.20. The number of aromatic nitrogens is 1. The number of hydrogen-bond donors (Lipinski definition) is 0. The van der Waals surface area contributed by atoms with Gasteiger partial charge in [0.2, 0.25) is 0 Å². The second kappa shape index (κ2) is 5.64. The number of nitrogens with zero attached hydrogens (tertiary/aromatic N) is 1. The molecule has 2 heterocycles. The first kappa shape index (κ1) is 15.3. The minimum Gasteiger partial charge on any atom is -0.497 e. The van der Waals surface area contributed by atoms with Crippen LogP contribution in [0, 0.1) is 0 Å². The molecule has 134 valence electrons. The molecular weight excluding hydrogens is 346 g/mol. The van der Waals surface area contributed by atoms with Crippen LogP contribution in [0.1, 0.15) is 0 Å². The number of furan rings is 1. The molecule has 0 bridgehead atoms. The fraction of sp³-hybridized carbons (Fsp3) is 0.0400. The predicted octanol–water partition coefficient (Wildman–Crippen LogP) is 6.69. The van der Waals surface area contributed by atoms with Gasteiger partial charge in [-0.15, -0.1) is 0 Å². The zero-order valence-electron chi connectivity index (χ0n) is 15.3. The zero-order valence-corrected chi connectivity index (χ0v) is 15.3. The van der Waals surface area contributed by atoms with E-state index in [2.05, 4.69) is 65.2 Å². The van der Waals surface area contributed by atoms with Crippen LogP contribution in [-0.4, -0.2) is 11.7 Å². The molecule has 3 nitrogen and oxygen atoms in total. The van der Waals surface area contributed by atoms with E-state index in [0.717, 1.165) is 33.4 Å². The van der Waals surface area contributed by atoms with E-state index >= 15 is 0 Å². The summed E-state index contributed by atoms with van der Waals surface area (Å²) in [6.45, 7) is 0. The van der Waals surface area contributed by atoms with Crippen LogP contribution in [0.3, 0.4) is 0 Å². The number of para-hydroxylation sites is 2. The van der Waals surface area contributed by atoms with Crippen LogP contribution in [0.5, 0.6) is 5.75 Å². The SMILES string of the molecule is COc1ccc(-n2c3ccccc3c3cc4oc5ccccc5c4cc32)cc1. The Labute approximate surface area is 161 Å². The van der Waals surface area contributed by atoms with Gasteiger partial charge in [-0.05, 0) is 48.5 Å². The molecule has 0 saturated heterocycles. The molecule has 0 amide bonds. The van der Waals surface area contributed by atoms with Crippen LogP contribution in [0.2, 0.25) is 0 Å². The molecule has 0 radical (unpaired) electrons. The van der Waals surface area contributed by atoms with Crippen LogP contribution < -0.4 is 4.74 Å². The summed E-state index contributed by atoms with van der Waals surface area (Å²) in [7, 11) is 1.69. The van der Waals surface area contributed by atoms with E-state index < -0.39 is 0 Å². The second-order valence-corrected chi connectivity index (χ2v) is 7.01. The Hall–Kier alpha value is -3.72. The highest BCUT2D eigenvalue weighted by Crippen LogP contribution is 2.38. The lowest BCUT2D eigenvalue weighted by Crippen LogP contribution is -1.93. The molecule has 28 heavy (non-hydrogen) atoms. The topological polar surface area (TPSA) is 27.3 Å². The van der Waals surface area contributed by atoms with Crippen LogP contribution >= 0.6 is 0 Å². The second-order valence-electron chi connectivity index (χ2n) is 7.01. The van der Waals surface area contributed by atoms with Crippen molar-refractivity contribution in [2.24, 2.45) is 0 Å². The predicted molar refractivity (Wildman–Crippen MR) is 115 cm³/mol.